The van der Waals surface area contributed by atoms with Crippen molar-refractivity contribution in [2.45, 2.75) is 12.4 Å². The minimum atomic E-state index is -5.06. The molecule has 0 bridgehead atoms. The quantitative estimate of drug-likeness (QED) is 0.264. The number of para-hydroxylation sites is 1. The summed E-state index contributed by atoms with van der Waals surface area (Å²) in [5, 5.41) is 3.14. The maximum atomic E-state index is 13.2. The monoisotopic (exact) mass is 602 g/mol. The molecule has 0 atom stereocenters. The van der Waals surface area contributed by atoms with E-state index in [4.69, 9.17) is 4.74 Å². The van der Waals surface area contributed by atoms with Crippen LogP contribution in [-0.4, -0.2) is 55.0 Å². The van der Waals surface area contributed by atoms with Gasteiger partial charge in [-0.3, -0.25) is 9.59 Å². The summed E-state index contributed by atoms with van der Waals surface area (Å²) in [5.41, 5.74) is -2.06. The Balaban J connectivity index is 1.23. The fourth-order valence-electron chi connectivity index (χ4n) is 4.80. The molecular formula is C30H24F6N4O3. The first-order valence-corrected chi connectivity index (χ1v) is 13.0. The Bertz CT molecular complexity index is 1630. The van der Waals surface area contributed by atoms with E-state index in [1.54, 1.807) is 29.2 Å². The molecule has 0 saturated carbocycles. The fraction of sp³-hybridized carbons (Fsp3) is 0.233. The molecule has 4 aromatic rings. The van der Waals surface area contributed by atoms with Crippen molar-refractivity contribution in [2.24, 2.45) is 0 Å². The molecule has 5 rings (SSSR count). The molecule has 7 nitrogen and oxygen atoms in total. The zero-order valence-electron chi connectivity index (χ0n) is 22.6. The van der Waals surface area contributed by atoms with Crippen LogP contribution in [0.5, 0.6) is 5.75 Å². The van der Waals surface area contributed by atoms with Gasteiger partial charge in [0.15, 0.2) is 0 Å². The predicted molar refractivity (Wildman–Crippen MR) is 147 cm³/mol. The van der Waals surface area contributed by atoms with Crippen molar-refractivity contribution >= 4 is 34.1 Å². The number of halogens is 6. The van der Waals surface area contributed by atoms with Gasteiger partial charge in [-0.25, -0.2) is 4.98 Å². The van der Waals surface area contributed by atoms with Crippen LogP contribution >= 0.6 is 0 Å². The molecule has 2 amide bonds. The van der Waals surface area contributed by atoms with Crippen LogP contribution in [0.15, 0.2) is 72.8 Å². The van der Waals surface area contributed by atoms with Crippen molar-refractivity contribution in [1.29, 1.82) is 0 Å². The SMILES string of the molecule is COc1cc(C(=O)N2CCN(c3ccc(NC(=O)c4cc(C(F)(F)F)cc(C(F)(F)F)c4)cc3)CC2)nc2ccccc12. The van der Waals surface area contributed by atoms with Gasteiger partial charge in [0.2, 0.25) is 0 Å². The van der Waals surface area contributed by atoms with Crippen LogP contribution in [0.25, 0.3) is 10.9 Å². The number of aromatic nitrogens is 1. The Kier molecular flexibility index (Phi) is 7.91. The summed E-state index contributed by atoms with van der Waals surface area (Å²) in [6.45, 7) is 1.80. The van der Waals surface area contributed by atoms with E-state index in [0.29, 0.717) is 49.6 Å². The number of fused-ring (bicyclic) bond motifs is 1. The lowest BCUT2D eigenvalue weighted by Crippen LogP contribution is -2.49. The second-order valence-corrected chi connectivity index (χ2v) is 9.80. The number of pyridine rings is 1. The van der Waals surface area contributed by atoms with Crippen molar-refractivity contribution < 1.29 is 40.7 Å². The number of anilines is 2. The molecule has 224 valence electrons. The van der Waals surface area contributed by atoms with Gasteiger partial charge in [0, 0.05) is 54.6 Å². The standard InChI is InChI=1S/C30H24F6N4O3/c1-43-26-17-25(38-24-5-3-2-4-23(24)26)28(42)40-12-10-39(11-13-40)22-8-6-21(7-9-22)37-27(41)18-14-19(29(31,32)33)16-20(15-18)30(34,35)36/h2-9,14-17H,10-13H2,1H3,(H,37,41). The number of nitrogens with one attached hydrogen (secondary N) is 1. The summed E-state index contributed by atoms with van der Waals surface area (Å²) in [6, 6.07) is 16.0. The van der Waals surface area contributed by atoms with Crippen molar-refractivity contribution in [3.63, 3.8) is 0 Å². The Morgan fingerprint density at radius 2 is 1.42 bits per heavy atom. The summed E-state index contributed by atoms with van der Waals surface area (Å²) >= 11 is 0. The largest absolute Gasteiger partial charge is 0.496 e. The number of nitrogens with zero attached hydrogens (tertiary/aromatic N) is 3. The topological polar surface area (TPSA) is 74.8 Å². The number of methoxy groups -OCH3 is 1. The van der Waals surface area contributed by atoms with Gasteiger partial charge in [-0.1, -0.05) is 12.1 Å². The number of rotatable bonds is 5. The molecular weight excluding hydrogens is 578 g/mol. The van der Waals surface area contributed by atoms with Crippen LogP contribution in [0.2, 0.25) is 0 Å². The number of hydrogen-bond acceptors (Lipinski definition) is 5. The van der Waals surface area contributed by atoms with Crippen LogP contribution in [0.4, 0.5) is 37.7 Å². The highest BCUT2D eigenvalue weighted by molar-refractivity contribution is 6.04. The average Bonchev–Trinajstić information content (AvgIpc) is 2.99. The van der Waals surface area contributed by atoms with E-state index >= 15 is 0 Å². The van der Waals surface area contributed by atoms with Gasteiger partial charge in [-0.15, -0.1) is 0 Å². The van der Waals surface area contributed by atoms with Gasteiger partial charge in [-0.2, -0.15) is 26.3 Å². The summed E-state index contributed by atoms with van der Waals surface area (Å²) in [4.78, 5) is 34.0. The lowest BCUT2D eigenvalue weighted by molar-refractivity contribution is -0.143. The Hall–Kier alpha value is -4.81. The number of piperazine rings is 1. The van der Waals surface area contributed by atoms with Gasteiger partial charge in [0.1, 0.15) is 11.4 Å². The lowest BCUT2D eigenvalue weighted by atomic mass is 10.0. The molecule has 3 aromatic carbocycles. The van der Waals surface area contributed by atoms with Gasteiger partial charge in [0.25, 0.3) is 11.8 Å². The van der Waals surface area contributed by atoms with Gasteiger partial charge in [-0.05, 0) is 54.6 Å². The Labute approximate surface area is 241 Å². The Morgan fingerprint density at radius 3 is 2.00 bits per heavy atom. The van der Waals surface area contributed by atoms with Crippen molar-refractivity contribution in [3.05, 3.63) is 95.2 Å². The molecule has 0 spiro atoms. The second-order valence-electron chi connectivity index (χ2n) is 9.80. The molecule has 0 aliphatic carbocycles. The summed E-state index contributed by atoms with van der Waals surface area (Å²) < 4.78 is 84.4. The molecule has 0 radical (unpaired) electrons. The molecule has 1 saturated heterocycles. The van der Waals surface area contributed by atoms with Crippen LogP contribution in [0, 0.1) is 0 Å². The van der Waals surface area contributed by atoms with Crippen LogP contribution in [0.1, 0.15) is 32.0 Å². The minimum Gasteiger partial charge on any atom is -0.496 e. The summed E-state index contributed by atoms with van der Waals surface area (Å²) in [7, 11) is 1.53. The third-order valence-electron chi connectivity index (χ3n) is 7.02. The van der Waals surface area contributed by atoms with Crippen molar-refractivity contribution in [3.8, 4) is 5.75 Å². The first-order chi connectivity index (χ1) is 20.3. The molecule has 0 unspecified atom stereocenters. The third kappa shape index (κ3) is 6.50. The summed E-state index contributed by atoms with van der Waals surface area (Å²) in [5.74, 6) is -0.797. The highest BCUT2D eigenvalue weighted by atomic mass is 19.4. The number of carbonyl (C=O) groups excluding carboxylic acids is 2. The zero-order chi connectivity index (χ0) is 30.9. The van der Waals surface area contributed by atoms with Crippen LogP contribution in [-0.2, 0) is 12.4 Å². The molecule has 2 heterocycles. The smallest absolute Gasteiger partial charge is 0.416 e. The maximum absolute atomic E-state index is 13.2. The molecule has 1 N–H and O–H groups in total. The molecule has 1 aliphatic rings. The summed E-state index contributed by atoms with van der Waals surface area (Å²) in [6.07, 6.45) is -10.1. The maximum Gasteiger partial charge on any atom is 0.416 e. The van der Waals surface area contributed by atoms with Gasteiger partial charge >= 0.3 is 12.4 Å². The normalized spacial score (nSPS) is 14.1. The van der Waals surface area contributed by atoms with Crippen LogP contribution in [0.3, 0.4) is 0 Å². The lowest BCUT2D eigenvalue weighted by Gasteiger charge is -2.36. The molecule has 43 heavy (non-hydrogen) atoms. The highest BCUT2D eigenvalue weighted by Gasteiger charge is 2.37. The van der Waals surface area contributed by atoms with E-state index in [9.17, 15) is 35.9 Å². The minimum absolute atomic E-state index is 0.0337. The van der Waals surface area contributed by atoms with E-state index in [2.05, 4.69) is 10.3 Å². The molecule has 1 fully saturated rings. The number of benzene rings is 3. The van der Waals surface area contributed by atoms with Crippen molar-refractivity contribution in [2.75, 3.05) is 43.5 Å². The predicted octanol–water partition coefficient (Wildman–Crippen LogP) is 6.50. The van der Waals surface area contributed by atoms with Gasteiger partial charge in [0.05, 0.1) is 23.8 Å². The van der Waals surface area contributed by atoms with E-state index < -0.39 is 35.0 Å². The number of hydrogen-bond donors (Lipinski definition) is 1. The van der Waals surface area contributed by atoms with Crippen LogP contribution < -0.4 is 15.0 Å². The van der Waals surface area contributed by atoms with E-state index in [0.717, 1.165) is 11.1 Å². The molecule has 1 aliphatic heterocycles. The van der Waals surface area contributed by atoms with E-state index in [-0.39, 0.29) is 23.4 Å². The molecule has 1 aromatic heterocycles. The van der Waals surface area contributed by atoms with Gasteiger partial charge < -0.3 is 19.9 Å². The van der Waals surface area contributed by atoms with Crippen molar-refractivity contribution in [1.82, 2.24) is 9.88 Å². The molecule has 13 heteroatoms. The number of amides is 2. The zero-order valence-corrected chi connectivity index (χ0v) is 22.6. The van der Waals surface area contributed by atoms with E-state index in [1.165, 1.54) is 19.2 Å². The first kappa shape index (κ1) is 29.7. The number of alkyl halides is 6. The average molecular weight is 603 g/mol. The van der Waals surface area contributed by atoms with E-state index in [1.807, 2.05) is 23.1 Å². The highest BCUT2D eigenvalue weighted by Crippen LogP contribution is 2.36. The number of ether oxygens (including phenoxy) is 1. The number of carbonyl (C=O) groups is 2. The first-order valence-electron chi connectivity index (χ1n) is 13.0. The fourth-order valence-corrected chi connectivity index (χ4v) is 4.80. The Morgan fingerprint density at radius 1 is 0.814 bits per heavy atom. The third-order valence-corrected chi connectivity index (χ3v) is 7.02. The second kappa shape index (κ2) is 11.5.